The van der Waals surface area contributed by atoms with E-state index in [1.165, 1.54) is 6.42 Å². The first-order valence-corrected chi connectivity index (χ1v) is 5.66. The van der Waals surface area contributed by atoms with Gasteiger partial charge in [-0.3, -0.25) is 4.79 Å². The molecule has 0 aromatic carbocycles. The third kappa shape index (κ3) is 1.65. The van der Waals surface area contributed by atoms with Gasteiger partial charge in [0.05, 0.1) is 5.54 Å². The number of carbonyl (C=O) groups is 1. The molecule has 2 heterocycles. The molecule has 0 aliphatic carbocycles. The summed E-state index contributed by atoms with van der Waals surface area (Å²) in [6, 6.07) is 0. The van der Waals surface area contributed by atoms with E-state index < -0.39 is 0 Å². The Bertz CT molecular complexity index is 233. The molecule has 0 spiro atoms. The van der Waals surface area contributed by atoms with E-state index in [9.17, 15) is 4.79 Å². The van der Waals surface area contributed by atoms with E-state index >= 15 is 0 Å². The maximum atomic E-state index is 12.2. The fourth-order valence-corrected chi connectivity index (χ4v) is 2.55. The lowest BCUT2D eigenvalue weighted by molar-refractivity contribution is -0.136. The van der Waals surface area contributed by atoms with Crippen LogP contribution in [0.25, 0.3) is 0 Å². The molecule has 2 unspecified atom stereocenters. The van der Waals surface area contributed by atoms with Gasteiger partial charge in [0.25, 0.3) is 0 Å². The van der Waals surface area contributed by atoms with Gasteiger partial charge in [-0.25, -0.2) is 0 Å². The van der Waals surface area contributed by atoms with Crippen molar-refractivity contribution in [2.75, 3.05) is 19.6 Å². The Labute approximate surface area is 85.8 Å². The fraction of sp³-hybridized carbons (Fsp3) is 0.909. The second kappa shape index (κ2) is 3.54. The van der Waals surface area contributed by atoms with Crippen molar-refractivity contribution < 1.29 is 4.79 Å². The van der Waals surface area contributed by atoms with Gasteiger partial charge in [-0.15, -0.1) is 0 Å². The Balaban J connectivity index is 2.00. The zero-order chi connectivity index (χ0) is 10.2. The normalized spacial score (nSPS) is 37.9. The average molecular weight is 196 g/mol. The molecule has 0 radical (unpaired) electrons. The zero-order valence-corrected chi connectivity index (χ0v) is 9.18. The summed E-state index contributed by atoms with van der Waals surface area (Å²) in [4.78, 5) is 14.2. The van der Waals surface area contributed by atoms with Gasteiger partial charge in [0.15, 0.2) is 0 Å². The number of likely N-dealkylation sites (tertiary alicyclic amines) is 1. The lowest BCUT2D eigenvalue weighted by Crippen LogP contribution is -2.52. The molecule has 2 aliphatic rings. The summed E-state index contributed by atoms with van der Waals surface area (Å²) in [6.45, 7) is 7.17. The standard InChI is InChI=1S/C11H20N2O/c1-9-4-7-13(8-9)10(14)11(2)5-3-6-12-11/h9,12H,3-8H2,1-2H3. The van der Waals surface area contributed by atoms with Crippen molar-refractivity contribution in [2.24, 2.45) is 5.92 Å². The Morgan fingerprint density at radius 3 is 2.86 bits per heavy atom. The second-order valence-electron chi connectivity index (χ2n) is 5.01. The molecule has 2 fully saturated rings. The number of hydrogen-bond acceptors (Lipinski definition) is 2. The van der Waals surface area contributed by atoms with Crippen molar-refractivity contribution in [3.63, 3.8) is 0 Å². The van der Waals surface area contributed by atoms with E-state index in [0.717, 1.165) is 32.5 Å². The minimum Gasteiger partial charge on any atom is -0.341 e. The molecule has 0 aromatic rings. The SMILES string of the molecule is CC1CCN(C(=O)C2(C)CCCN2)C1. The Morgan fingerprint density at radius 1 is 1.57 bits per heavy atom. The van der Waals surface area contributed by atoms with Crippen LogP contribution in [0.2, 0.25) is 0 Å². The molecule has 2 saturated heterocycles. The van der Waals surface area contributed by atoms with Crippen molar-refractivity contribution in [1.82, 2.24) is 10.2 Å². The van der Waals surface area contributed by atoms with Crippen molar-refractivity contribution in [3.8, 4) is 0 Å². The number of nitrogens with zero attached hydrogens (tertiary/aromatic N) is 1. The van der Waals surface area contributed by atoms with Gasteiger partial charge in [0.2, 0.25) is 5.91 Å². The first-order chi connectivity index (χ1) is 6.62. The van der Waals surface area contributed by atoms with Gasteiger partial charge in [-0.1, -0.05) is 6.92 Å². The van der Waals surface area contributed by atoms with Crippen molar-refractivity contribution in [2.45, 2.75) is 38.6 Å². The van der Waals surface area contributed by atoms with Crippen LogP contribution in [0.5, 0.6) is 0 Å². The van der Waals surface area contributed by atoms with Gasteiger partial charge < -0.3 is 10.2 Å². The quantitative estimate of drug-likeness (QED) is 0.678. The maximum absolute atomic E-state index is 12.2. The van der Waals surface area contributed by atoms with Crippen LogP contribution in [0.3, 0.4) is 0 Å². The highest BCUT2D eigenvalue weighted by molar-refractivity contribution is 5.86. The van der Waals surface area contributed by atoms with Gasteiger partial charge in [-0.05, 0) is 38.6 Å². The number of carbonyl (C=O) groups excluding carboxylic acids is 1. The van der Waals surface area contributed by atoms with Crippen molar-refractivity contribution >= 4 is 5.91 Å². The van der Waals surface area contributed by atoms with E-state index in [1.807, 2.05) is 11.8 Å². The number of amides is 1. The van der Waals surface area contributed by atoms with E-state index in [0.29, 0.717) is 11.8 Å². The molecule has 1 N–H and O–H groups in total. The summed E-state index contributed by atoms with van der Waals surface area (Å²) in [7, 11) is 0. The topological polar surface area (TPSA) is 32.3 Å². The number of nitrogens with one attached hydrogen (secondary N) is 1. The fourth-order valence-electron chi connectivity index (χ4n) is 2.55. The highest BCUT2D eigenvalue weighted by Crippen LogP contribution is 2.25. The molecular formula is C11H20N2O. The summed E-state index contributed by atoms with van der Waals surface area (Å²) in [5.41, 5.74) is -0.260. The third-order valence-corrected chi connectivity index (χ3v) is 3.55. The lowest BCUT2D eigenvalue weighted by Gasteiger charge is -2.29. The molecule has 2 rings (SSSR count). The van der Waals surface area contributed by atoms with Gasteiger partial charge >= 0.3 is 0 Å². The molecule has 0 aromatic heterocycles. The Morgan fingerprint density at radius 2 is 2.36 bits per heavy atom. The van der Waals surface area contributed by atoms with Crippen LogP contribution in [-0.4, -0.2) is 36.0 Å². The third-order valence-electron chi connectivity index (χ3n) is 3.55. The molecule has 14 heavy (non-hydrogen) atoms. The molecule has 2 atom stereocenters. The predicted molar refractivity (Wildman–Crippen MR) is 56.0 cm³/mol. The average Bonchev–Trinajstić information content (AvgIpc) is 2.74. The molecule has 80 valence electrons. The van der Waals surface area contributed by atoms with E-state index in [1.54, 1.807) is 0 Å². The van der Waals surface area contributed by atoms with Crippen LogP contribution in [0.1, 0.15) is 33.1 Å². The van der Waals surface area contributed by atoms with Crippen LogP contribution in [-0.2, 0) is 4.79 Å². The van der Waals surface area contributed by atoms with Crippen LogP contribution in [0.4, 0.5) is 0 Å². The maximum Gasteiger partial charge on any atom is 0.242 e. The first-order valence-electron chi connectivity index (χ1n) is 5.66. The summed E-state index contributed by atoms with van der Waals surface area (Å²) >= 11 is 0. The van der Waals surface area contributed by atoms with Crippen molar-refractivity contribution in [3.05, 3.63) is 0 Å². The lowest BCUT2D eigenvalue weighted by atomic mass is 9.98. The molecule has 1 amide bonds. The van der Waals surface area contributed by atoms with E-state index in [-0.39, 0.29) is 5.54 Å². The van der Waals surface area contributed by atoms with E-state index in [4.69, 9.17) is 0 Å². The van der Waals surface area contributed by atoms with Gasteiger partial charge in [0.1, 0.15) is 0 Å². The van der Waals surface area contributed by atoms with Crippen LogP contribution < -0.4 is 5.32 Å². The van der Waals surface area contributed by atoms with Crippen molar-refractivity contribution in [1.29, 1.82) is 0 Å². The molecule has 2 aliphatic heterocycles. The van der Waals surface area contributed by atoms with Crippen LogP contribution >= 0.6 is 0 Å². The summed E-state index contributed by atoms with van der Waals surface area (Å²) < 4.78 is 0. The Kier molecular flexibility index (Phi) is 2.52. The number of hydrogen-bond donors (Lipinski definition) is 1. The molecule has 3 nitrogen and oxygen atoms in total. The second-order valence-corrected chi connectivity index (χ2v) is 5.01. The minimum atomic E-state index is -0.260. The van der Waals surface area contributed by atoms with E-state index in [2.05, 4.69) is 12.2 Å². The zero-order valence-electron chi connectivity index (χ0n) is 9.18. The van der Waals surface area contributed by atoms with Crippen LogP contribution in [0, 0.1) is 5.92 Å². The monoisotopic (exact) mass is 196 g/mol. The summed E-state index contributed by atoms with van der Waals surface area (Å²) in [6.07, 6.45) is 3.30. The van der Waals surface area contributed by atoms with Gasteiger partial charge in [0, 0.05) is 13.1 Å². The highest BCUT2D eigenvalue weighted by Gasteiger charge is 2.40. The smallest absolute Gasteiger partial charge is 0.242 e. The number of rotatable bonds is 1. The predicted octanol–water partition coefficient (Wildman–Crippen LogP) is 0.997. The molecule has 3 heteroatoms. The molecular weight excluding hydrogens is 176 g/mol. The summed E-state index contributed by atoms with van der Waals surface area (Å²) in [5.74, 6) is 1.00. The highest BCUT2D eigenvalue weighted by atomic mass is 16.2. The Hall–Kier alpha value is -0.570. The minimum absolute atomic E-state index is 0.260. The van der Waals surface area contributed by atoms with Gasteiger partial charge in [-0.2, -0.15) is 0 Å². The summed E-state index contributed by atoms with van der Waals surface area (Å²) in [5, 5.41) is 3.33. The van der Waals surface area contributed by atoms with Crippen LogP contribution in [0.15, 0.2) is 0 Å². The largest absolute Gasteiger partial charge is 0.341 e. The molecule has 0 saturated carbocycles. The molecule has 0 bridgehead atoms. The first kappa shape index (κ1) is 9.97.